The number of hydrogen-bond donors (Lipinski definition) is 1. The first kappa shape index (κ1) is 28.8. The van der Waals surface area contributed by atoms with Crippen LogP contribution in [0.5, 0.6) is 17.2 Å². The number of nitrogens with one attached hydrogen (secondary N) is 1. The molecule has 1 N–H and O–H groups in total. The van der Waals surface area contributed by atoms with Crippen molar-refractivity contribution in [3.8, 4) is 17.2 Å². The zero-order chi connectivity index (χ0) is 27.4. The molecule has 0 aromatic heterocycles. The maximum absolute atomic E-state index is 13.3. The van der Waals surface area contributed by atoms with Crippen molar-refractivity contribution in [3.63, 3.8) is 0 Å². The van der Waals surface area contributed by atoms with Gasteiger partial charge in [0.15, 0.2) is 5.75 Å². The van der Waals surface area contributed by atoms with Gasteiger partial charge in [-0.1, -0.05) is 11.6 Å². The number of fused-ring (bicyclic) bond motifs is 2. The molecule has 206 valence electrons. The molecule has 0 radical (unpaired) electrons. The van der Waals surface area contributed by atoms with Crippen molar-refractivity contribution in [2.24, 2.45) is 17.0 Å². The van der Waals surface area contributed by atoms with Crippen LogP contribution in [0.15, 0.2) is 49.3 Å². The lowest BCUT2D eigenvalue weighted by molar-refractivity contribution is -0.155. The number of esters is 1. The van der Waals surface area contributed by atoms with Gasteiger partial charge in [0.05, 0.1) is 28.9 Å². The summed E-state index contributed by atoms with van der Waals surface area (Å²) in [5, 5.41) is 3.86. The molecule has 4 unspecified atom stereocenters. The largest absolute Gasteiger partial charge is 0.495 e. The molecule has 2 bridgehead atoms. The summed E-state index contributed by atoms with van der Waals surface area (Å²) in [4.78, 5) is 16.8. The van der Waals surface area contributed by atoms with Crippen molar-refractivity contribution in [2.75, 3.05) is 13.7 Å². The summed E-state index contributed by atoms with van der Waals surface area (Å²) in [5.41, 5.74) is 0.667. The fourth-order valence-electron chi connectivity index (χ4n) is 4.94. The number of benzene rings is 2. The Morgan fingerprint density at radius 3 is 2.53 bits per heavy atom. The van der Waals surface area contributed by atoms with Crippen LogP contribution in [-0.4, -0.2) is 46.5 Å². The minimum Gasteiger partial charge on any atom is -0.495 e. The Hall–Kier alpha value is -2.15. The number of nitrogens with zero attached hydrogens (tertiary/aromatic N) is 1. The van der Waals surface area contributed by atoms with Crippen LogP contribution in [0.2, 0.25) is 0 Å². The quantitative estimate of drug-likeness (QED) is 0.183. The lowest BCUT2D eigenvalue weighted by atomic mass is 9.96. The third-order valence-corrected chi connectivity index (χ3v) is 9.44. The smallest absolute Gasteiger partial charge is 0.349 e. The van der Waals surface area contributed by atoms with E-state index in [1.54, 1.807) is 38.1 Å². The molecular weight excluding hydrogens is 644 g/mol. The predicted octanol–water partition coefficient (Wildman–Crippen LogP) is 5.78. The van der Waals surface area contributed by atoms with Gasteiger partial charge in [0.25, 0.3) is 0 Å². The number of sulfonamides is 1. The number of ether oxygens (including phenoxy) is 3. The van der Waals surface area contributed by atoms with Gasteiger partial charge < -0.3 is 19.0 Å². The van der Waals surface area contributed by atoms with E-state index in [0.717, 1.165) is 19.3 Å². The second-order valence-corrected chi connectivity index (χ2v) is 12.8. The normalized spacial score (nSPS) is 21.4. The topological polar surface area (TPSA) is 113 Å². The zero-order valence-corrected chi connectivity index (χ0v) is 25.3. The molecule has 2 saturated carbocycles. The molecular formula is C26H30Br2N2O7S. The number of hydrogen-bond acceptors (Lipinski definition) is 8. The molecule has 12 heteroatoms. The van der Waals surface area contributed by atoms with Crippen LogP contribution in [0.25, 0.3) is 0 Å². The molecule has 0 heterocycles. The van der Waals surface area contributed by atoms with Crippen molar-refractivity contribution in [2.45, 2.75) is 56.6 Å². The van der Waals surface area contributed by atoms with Crippen molar-refractivity contribution >= 4 is 54.1 Å². The maximum atomic E-state index is 13.3. The standard InChI is InChI=1S/C26H30Br2N2O7S/c1-4-35-26(31)15(2)37-29-14-17-10-20(27)25(21(28)11-17)36-19-7-8-23(34-3)24(13-19)38(32,33)30-22-12-16-5-6-18(22)9-16/h7-8,10-11,13-16,18,22,30H,4-6,9,12H2,1-3H3. The number of rotatable bonds is 11. The molecule has 38 heavy (non-hydrogen) atoms. The molecule has 2 aromatic rings. The molecule has 0 spiro atoms. The summed E-state index contributed by atoms with van der Waals surface area (Å²) < 4.78 is 47.1. The molecule has 2 fully saturated rings. The Kier molecular flexibility index (Phi) is 9.38. The molecule has 2 aromatic carbocycles. The van der Waals surface area contributed by atoms with Crippen molar-refractivity contribution in [3.05, 3.63) is 44.8 Å². The average molecular weight is 674 g/mol. The van der Waals surface area contributed by atoms with E-state index in [-0.39, 0.29) is 23.3 Å². The monoisotopic (exact) mass is 672 g/mol. The van der Waals surface area contributed by atoms with Crippen molar-refractivity contribution in [1.82, 2.24) is 4.72 Å². The highest BCUT2D eigenvalue weighted by Gasteiger charge is 2.41. The molecule has 2 aliphatic rings. The maximum Gasteiger partial charge on any atom is 0.349 e. The first-order valence-corrected chi connectivity index (χ1v) is 15.4. The Balaban J connectivity index is 1.50. The Bertz CT molecular complexity index is 1300. The van der Waals surface area contributed by atoms with E-state index in [2.05, 4.69) is 41.7 Å². The third-order valence-electron chi connectivity index (χ3n) is 6.75. The highest BCUT2D eigenvalue weighted by molar-refractivity contribution is 9.11. The Morgan fingerprint density at radius 1 is 1.18 bits per heavy atom. The van der Waals surface area contributed by atoms with Gasteiger partial charge in [-0.05, 0) is 107 Å². The average Bonchev–Trinajstić information content (AvgIpc) is 3.49. The van der Waals surface area contributed by atoms with Gasteiger partial charge in [-0.15, -0.1) is 0 Å². The summed E-state index contributed by atoms with van der Waals surface area (Å²) in [6.45, 7) is 3.53. The number of carbonyl (C=O) groups is 1. The highest BCUT2D eigenvalue weighted by atomic mass is 79.9. The van der Waals surface area contributed by atoms with E-state index in [1.807, 2.05) is 0 Å². The van der Waals surface area contributed by atoms with E-state index in [0.29, 0.717) is 37.8 Å². The number of carbonyl (C=O) groups excluding carboxylic acids is 1. The van der Waals surface area contributed by atoms with Crippen molar-refractivity contribution < 1.29 is 32.3 Å². The van der Waals surface area contributed by atoms with Crippen LogP contribution in [0.4, 0.5) is 0 Å². The van der Waals surface area contributed by atoms with Gasteiger partial charge in [0.1, 0.15) is 16.4 Å². The van der Waals surface area contributed by atoms with Crippen LogP contribution >= 0.6 is 31.9 Å². The molecule has 2 aliphatic carbocycles. The SMILES string of the molecule is CCOC(=O)C(C)ON=Cc1cc(Br)c(Oc2ccc(OC)c(S(=O)(=O)NC3CC4CCC3C4)c2)c(Br)c1. The van der Waals surface area contributed by atoms with Gasteiger partial charge in [0.2, 0.25) is 16.1 Å². The second-order valence-electron chi connectivity index (χ2n) is 9.37. The van der Waals surface area contributed by atoms with E-state index in [4.69, 9.17) is 19.0 Å². The lowest BCUT2D eigenvalue weighted by Crippen LogP contribution is -2.38. The third kappa shape index (κ3) is 6.70. The molecule has 4 rings (SSSR count). The van der Waals surface area contributed by atoms with E-state index >= 15 is 0 Å². The first-order chi connectivity index (χ1) is 18.1. The Labute approximate surface area is 239 Å². The molecule has 4 atom stereocenters. The van der Waals surface area contributed by atoms with Gasteiger partial charge in [0, 0.05) is 12.1 Å². The summed E-state index contributed by atoms with van der Waals surface area (Å²) in [7, 11) is -2.38. The second kappa shape index (κ2) is 12.4. The van der Waals surface area contributed by atoms with E-state index < -0.39 is 22.1 Å². The molecule has 9 nitrogen and oxygen atoms in total. The van der Waals surface area contributed by atoms with Crippen LogP contribution in [-0.2, 0) is 24.4 Å². The summed E-state index contributed by atoms with van der Waals surface area (Å²) in [6.07, 6.45) is 4.84. The lowest BCUT2D eigenvalue weighted by Gasteiger charge is -2.23. The van der Waals surface area contributed by atoms with Gasteiger partial charge in [-0.3, -0.25) is 0 Å². The predicted molar refractivity (Wildman–Crippen MR) is 149 cm³/mol. The summed E-state index contributed by atoms with van der Waals surface area (Å²) in [5.74, 6) is 1.52. The van der Waals surface area contributed by atoms with Crippen LogP contribution in [0, 0.1) is 11.8 Å². The van der Waals surface area contributed by atoms with Crippen molar-refractivity contribution in [1.29, 1.82) is 0 Å². The summed E-state index contributed by atoms with van der Waals surface area (Å²) >= 11 is 6.99. The molecule has 0 amide bonds. The minimum absolute atomic E-state index is 0.0316. The van der Waals surface area contributed by atoms with E-state index in [1.165, 1.54) is 25.8 Å². The number of halogens is 2. The summed E-state index contributed by atoms with van der Waals surface area (Å²) in [6, 6.07) is 8.14. The fourth-order valence-corrected chi connectivity index (χ4v) is 7.82. The molecule has 0 aliphatic heterocycles. The molecule has 0 saturated heterocycles. The van der Waals surface area contributed by atoms with Gasteiger partial charge in [-0.2, -0.15) is 0 Å². The van der Waals surface area contributed by atoms with Crippen LogP contribution in [0.3, 0.4) is 0 Å². The van der Waals surface area contributed by atoms with Gasteiger partial charge in [-0.25, -0.2) is 17.9 Å². The Morgan fingerprint density at radius 2 is 1.92 bits per heavy atom. The highest BCUT2D eigenvalue weighted by Crippen LogP contribution is 2.45. The van der Waals surface area contributed by atoms with Gasteiger partial charge >= 0.3 is 5.97 Å². The zero-order valence-electron chi connectivity index (χ0n) is 21.3. The first-order valence-electron chi connectivity index (χ1n) is 12.3. The minimum atomic E-state index is -3.82. The fraction of sp³-hybridized carbons (Fsp3) is 0.462. The van der Waals surface area contributed by atoms with Crippen LogP contribution in [0.1, 0.15) is 45.1 Å². The van der Waals surface area contributed by atoms with Crippen LogP contribution < -0.4 is 14.2 Å². The number of oxime groups is 1. The number of methoxy groups -OCH3 is 1. The van der Waals surface area contributed by atoms with E-state index in [9.17, 15) is 13.2 Å².